The van der Waals surface area contributed by atoms with Crippen molar-refractivity contribution in [3.05, 3.63) is 60.7 Å². The van der Waals surface area contributed by atoms with Crippen LogP contribution >= 0.6 is 0 Å². The van der Waals surface area contributed by atoms with Gasteiger partial charge in [0.25, 0.3) is 5.91 Å². The summed E-state index contributed by atoms with van der Waals surface area (Å²) >= 11 is 0. The monoisotopic (exact) mass is 311 g/mol. The fourth-order valence-electron chi connectivity index (χ4n) is 1.98. The SMILES string of the molecule is CC(C)(C)C(=O)C(Oc1ccccc1)C(=O)Nc1ccccc1. The Morgan fingerprint density at radius 2 is 1.43 bits per heavy atom. The summed E-state index contributed by atoms with van der Waals surface area (Å²) in [6, 6.07) is 17.9. The normalized spacial score (nSPS) is 12.3. The number of rotatable bonds is 5. The second kappa shape index (κ2) is 7.09. The van der Waals surface area contributed by atoms with Gasteiger partial charge in [0.1, 0.15) is 5.75 Å². The van der Waals surface area contributed by atoms with E-state index in [4.69, 9.17) is 4.74 Å². The molecule has 2 aromatic rings. The van der Waals surface area contributed by atoms with E-state index in [0.717, 1.165) is 0 Å². The van der Waals surface area contributed by atoms with Gasteiger partial charge in [0.15, 0.2) is 5.78 Å². The molecule has 0 aliphatic heterocycles. The molecule has 0 heterocycles. The number of Topliss-reactive ketones (excluding diaryl/α,β-unsaturated/α-hetero) is 1. The lowest BCUT2D eigenvalue weighted by Gasteiger charge is -2.24. The first-order valence-electron chi connectivity index (χ1n) is 7.50. The van der Waals surface area contributed by atoms with E-state index in [2.05, 4.69) is 5.32 Å². The van der Waals surface area contributed by atoms with Crippen LogP contribution < -0.4 is 10.1 Å². The number of hydrogen-bond acceptors (Lipinski definition) is 3. The van der Waals surface area contributed by atoms with Crippen molar-refractivity contribution in [2.45, 2.75) is 26.9 Å². The van der Waals surface area contributed by atoms with Gasteiger partial charge in [-0.2, -0.15) is 0 Å². The minimum Gasteiger partial charge on any atom is -0.473 e. The van der Waals surface area contributed by atoms with E-state index in [1.54, 1.807) is 57.2 Å². The molecule has 0 aliphatic carbocycles. The predicted octanol–water partition coefficient (Wildman–Crippen LogP) is 3.69. The molecule has 0 bridgehead atoms. The number of benzene rings is 2. The van der Waals surface area contributed by atoms with Crippen molar-refractivity contribution in [2.24, 2.45) is 5.41 Å². The Kier molecular flexibility index (Phi) is 5.16. The zero-order valence-electron chi connectivity index (χ0n) is 13.6. The second-order valence-corrected chi connectivity index (χ2v) is 6.28. The molecule has 1 N–H and O–H groups in total. The Hall–Kier alpha value is -2.62. The number of para-hydroxylation sites is 2. The third kappa shape index (κ3) is 4.68. The van der Waals surface area contributed by atoms with E-state index in [9.17, 15) is 9.59 Å². The molecule has 23 heavy (non-hydrogen) atoms. The van der Waals surface area contributed by atoms with Gasteiger partial charge in [-0.3, -0.25) is 9.59 Å². The highest BCUT2D eigenvalue weighted by molar-refractivity contribution is 6.11. The van der Waals surface area contributed by atoms with Crippen molar-refractivity contribution < 1.29 is 14.3 Å². The molecule has 1 amide bonds. The van der Waals surface area contributed by atoms with Crippen LogP contribution in [0.5, 0.6) is 5.75 Å². The summed E-state index contributed by atoms with van der Waals surface area (Å²) in [6.45, 7) is 5.31. The maximum atomic E-state index is 12.6. The van der Waals surface area contributed by atoms with E-state index in [1.807, 2.05) is 24.3 Å². The van der Waals surface area contributed by atoms with Gasteiger partial charge >= 0.3 is 0 Å². The average Bonchev–Trinajstić information content (AvgIpc) is 2.53. The number of carbonyl (C=O) groups is 2. The summed E-state index contributed by atoms with van der Waals surface area (Å²) < 4.78 is 5.68. The summed E-state index contributed by atoms with van der Waals surface area (Å²) in [6.07, 6.45) is -1.20. The molecule has 1 unspecified atom stereocenters. The summed E-state index contributed by atoms with van der Waals surface area (Å²) in [7, 11) is 0. The first-order valence-corrected chi connectivity index (χ1v) is 7.50. The van der Waals surface area contributed by atoms with Gasteiger partial charge < -0.3 is 10.1 Å². The number of carbonyl (C=O) groups excluding carboxylic acids is 2. The van der Waals surface area contributed by atoms with Crippen molar-refractivity contribution >= 4 is 17.4 Å². The van der Waals surface area contributed by atoms with E-state index in [1.165, 1.54) is 0 Å². The smallest absolute Gasteiger partial charge is 0.273 e. The van der Waals surface area contributed by atoms with Crippen LogP contribution in [-0.4, -0.2) is 17.8 Å². The first kappa shape index (κ1) is 16.7. The molecular weight excluding hydrogens is 290 g/mol. The maximum absolute atomic E-state index is 12.6. The third-order valence-electron chi connectivity index (χ3n) is 3.25. The molecule has 1 atom stereocenters. The lowest BCUT2D eigenvalue weighted by molar-refractivity contribution is -0.140. The molecule has 0 fully saturated rings. The second-order valence-electron chi connectivity index (χ2n) is 6.28. The standard InChI is InChI=1S/C19H21NO3/c1-19(2,3)17(21)16(23-15-12-8-5-9-13-15)18(22)20-14-10-6-4-7-11-14/h4-13,16H,1-3H3,(H,20,22). The highest BCUT2D eigenvalue weighted by atomic mass is 16.5. The Morgan fingerprint density at radius 1 is 0.913 bits per heavy atom. The van der Waals surface area contributed by atoms with Crippen LogP contribution in [0.15, 0.2) is 60.7 Å². The minimum atomic E-state index is -1.20. The Labute approximate surface area is 136 Å². The van der Waals surface area contributed by atoms with Crippen LogP contribution in [0.4, 0.5) is 5.69 Å². The van der Waals surface area contributed by atoms with Crippen molar-refractivity contribution in [2.75, 3.05) is 5.32 Å². The number of nitrogens with one attached hydrogen (secondary N) is 1. The molecule has 4 heteroatoms. The molecule has 4 nitrogen and oxygen atoms in total. The third-order valence-corrected chi connectivity index (χ3v) is 3.25. The maximum Gasteiger partial charge on any atom is 0.273 e. The van der Waals surface area contributed by atoms with Gasteiger partial charge in [0.05, 0.1) is 0 Å². The van der Waals surface area contributed by atoms with Crippen LogP contribution in [0.25, 0.3) is 0 Å². The van der Waals surface area contributed by atoms with E-state index >= 15 is 0 Å². The highest BCUT2D eigenvalue weighted by Gasteiger charge is 2.36. The number of anilines is 1. The fraction of sp³-hybridized carbons (Fsp3) is 0.263. The minimum absolute atomic E-state index is 0.269. The molecule has 0 saturated heterocycles. The molecular formula is C19H21NO3. The Bertz CT molecular complexity index is 660. The van der Waals surface area contributed by atoms with E-state index in [-0.39, 0.29) is 5.78 Å². The molecule has 2 aromatic carbocycles. The highest BCUT2D eigenvalue weighted by Crippen LogP contribution is 2.22. The molecule has 0 aromatic heterocycles. The zero-order valence-corrected chi connectivity index (χ0v) is 13.6. The molecule has 0 saturated carbocycles. The number of hydrogen-bond donors (Lipinski definition) is 1. The van der Waals surface area contributed by atoms with Crippen molar-refractivity contribution in [1.82, 2.24) is 0 Å². The van der Waals surface area contributed by atoms with Crippen molar-refractivity contribution in [1.29, 1.82) is 0 Å². The number of amides is 1. The summed E-state index contributed by atoms with van der Waals surface area (Å²) in [5.41, 5.74) is -0.0612. The van der Waals surface area contributed by atoms with Crippen LogP contribution in [0.3, 0.4) is 0 Å². The van der Waals surface area contributed by atoms with Crippen molar-refractivity contribution in [3.63, 3.8) is 0 Å². The zero-order chi connectivity index (χ0) is 16.9. The van der Waals surface area contributed by atoms with Gasteiger partial charge in [-0.1, -0.05) is 57.2 Å². The van der Waals surface area contributed by atoms with Gasteiger partial charge in [-0.25, -0.2) is 0 Å². The van der Waals surface area contributed by atoms with Crippen molar-refractivity contribution in [3.8, 4) is 5.75 Å². The molecule has 120 valence electrons. The van der Waals surface area contributed by atoms with E-state index < -0.39 is 17.4 Å². The molecule has 0 spiro atoms. The van der Waals surface area contributed by atoms with Gasteiger partial charge in [0.2, 0.25) is 6.10 Å². The quantitative estimate of drug-likeness (QED) is 0.857. The van der Waals surface area contributed by atoms with Crippen LogP contribution in [-0.2, 0) is 9.59 Å². The van der Waals surface area contributed by atoms with Gasteiger partial charge in [-0.15, -0.1) is 0 Å². The first-order chi connectivity index (χ1) is 10.9. The molecule has 0 aliphatic rings. The summed E-state index contributed by atoms with van der Waals surface area (Å²) in [5.74, 6) is -0.256. The Morgan fingerprint density at radius 3 is 1.96 bits per heavy atom. The summed E-state index contributed by atoms with van der Waals surface area (Å²) in [5, 5.41) is 2.73. The summed E-state index contributed by atoms with van der Waals surface area (Å²) in [4.78, 5) is 25.2. The molecule has 2 rings (SSSR count). The number of ketones is 1. The van der Waals surface area contributed by atoms with Gasteiger partial charge in [-0.05, 0) is 24.3 Å². The fourth-order valence-corrected chi connectivity index (χ4v) is 1.98. The average molecular weight is 311 g/mol. The topological polar surface area (TPSA) is 55.4 Å². The Balaban J connectivity index is 2.22. The number of ether oxygens (including phenoxy) is 1. The molecule has 0 radical (unpaired) electrons. The van der Waals surface area contributed by atoms with Gasteiger partial charge in [0, 0.05) is 11.1 Å². The van der Waals surface area contributed by atoms with Crippen LogP contribution in [0, 0.1) is 5.41 Å². The lowest BCUT2D eigenvalue weighted by atomic mass is 9.87. The van der Waals surface area contributed by atoms with Crippen LogP contribution in [0.1, 0.15) is 20.8 Å². The van der Waals surface area contributed by atoms with E-state index in [0.29, 0.717) is 11.4 Å². The van der Waals surface area contributed by atoms with Crippen LogP contribution in [0.2, 0.25) is 0 Å². The largest absolute Gasteiger partial charge is 0.473 e. The lowest BCUT2D eigenvalue weighted by Crippen LogP contribution is -2.45. The predicted molar refractivity (Wildman–Crippen MR) is 90.4 cm³/mol.